The quantitative estimate of drug-likeness (QED) is 0.882. The van der Waals surface area contributed by atoms with Crippen LogP contribution < -0.4 is 9.47 Å². The second-order valence-corrected chi connectivity index (χ2v) is 4.44. The lowest BCUT2D eigenvalue weighted by Gasteiger charge is -2.13. The van der Waals surface area contributed by atoms with Crippen LogP contribution in [-0.2, 0) is 0 Å². The predicted molar refractivity (Wildman–Crippen MR) is 78.9 cm³/mol. The molecule has 0 aliphatic heterocycles. The van der Waals surface area contributed by atoms with Crippen LogP contribution in [0.4, 0.5) is 0 Å². The Morgan fingerprint density at radius 2 is 1.14 bits per heavy atom. The lowest BCUT2D eigenvalue weighted by Crippen LogP contribution is -2.00. The minimum absolute atomic E-state index is 0.0988. The summed E-state index contributed by atoms with van der Waals surface area (Å²) in [6.45, 7) is 0. The van der Waals surface area contributed by atoms with E-state index in [1.165, 1.54) is 38.5 Å². The Hall–Kier alpha value is -3.02. The first-order valence-corrected chi connectivity index (χ1v) is 6.31. The molecule has 2 N–H and O–H groups in total. The summed E-state index contributed by atoms with van der Waals surface area (Å²) >= 11 is 0. The van der Waals surface area contributed by atoms with E-state index in [0.29, 0.717) is 22.6 Å². The molecule has 0 fully saturated rings. The Bertz CT molecular complexity index is 672. The van der Waals surface area contributed by atoms with Crippen molar-refractivity contribution in [3.8, 4) is 22.6 Å². The van der Waals surface area contributed by atoms with Crippen molar-refractivity contribution in [2.24, 2.45) is 0 Å². The molecule has 0 spiro atoms. The fourth-order valence-corrected chi connectivity index (χ4v) is 2.09. The molecule has 6 heteroatoms. The molecule has 0 aliphatic carbocycles. The Labute approximate surface area is 126 Å². The van der Waals surface area contributed by atoms with Crippen molar-refractivity contribution in [1.82, 2.24) is 0 Å². The summed E-state index contributed by atoms with van der Waals surface area (Å²) in [4.78, 5) is 22.0. The molecule has 2 aromatic rings. The van der Waals surface area contributed by atoms with Gasteiger partial charge in [0.15, 0.2) is 0 Å². The molecule has 2 aromatic carbocycles. The third-order valence-electron chi connectivity index (χ3n) is 3.19. The van der Waals surface area contributed by atoms with Crippen LogP contribution in [0, 0.1) is 0 Å². The first kappa shape index (κ1) is 15.4. The van der Waals surface area contributed by atoms with Gasteiger partial charge in [0.2, 0.25) is 0 Å². The van der Waals surface area contributed by atoms with Gasteiger partial charge in [0.1, 0.15) is 11.5 Å². The first-order valence-electron chi connectivity index (χ1n) is 6.31. The van der Waals surface area contributed by atoms with Crippen molar-refractivity contribution in [1.29, 1.82) is 0 Å². The number of carboxylic acids is 2. The summed E-state index contributed by atoms with van der Waals surface area (Å²) in [5.41, 5.74) is 1.42. The maximum absolute atomic E-state index is 11.0. The summed E-state index contributed by atoms with van der Waals surface area (Å²) in [5, 5.41) is 18.0. The minimum Gasteiger partial charge on any atom is -0.496 e. The van der Waals surface area contributed by atoms with Crippen LogP contribution in [0.3, 0.4) is 0 Å². The number of methoxy groups -OCH3 is 2. The second-order valence-electron chi connectivity index (χ2n) is 4.44. The summed E-state index contributed by atoms with van der Waals surface area (Å²) in [5.74, 6) is -1.39. The van der Waals surface area contributed by atoms with E-state index in [-0.39, 0.29) is 11.1 Å². The Balaban J connectivity index is 2.60. The molecule has 0 aliphatic rings. The van der Waals surface area contributed by atoms with E-state index < -0.39 is 11.9 Å². The molecular weight excluding hydrogens is 288 g/mol. The largest absolute Gasteiger partial charge is 0.496 e. The van der Waals surface area contributed by atoms with E-state index >= 15 is 0 Å². The molecular formula is C16H14O6. The number of aromatic carboxylic acids is 2. The van der Waals surface area contributed by atoms with Gasteiger partial charge < -0.3 is 19.7 Å². The smallest absolute Gasteiger partial charge is 0.335 e. The van der Waals surface area contributed by atoms with Gasteiger partial charge >= 0.3 is 11.9 Å². The lowest BCUT2D eigenvalue weighted by molar-refractivity contribution is 0.0685. The van der Waals surface area contributed by atoms with Crippen LogP contribution in [0.25, 0.3) is 11.1 Å². The molecule has 0 amide bonds. The number of ether oxygens (including phenoxy) is 2. The maximum atomic E-state index is 11.0. The van der Waals surface area contributed by atoms with E-state index in [9.17, 15) is 9.59 Å². The SMILES string of the molecule is COc1cc(C(=O)O)ccc1-c1ccc(C(=O)O)cc1OC. The predicted octanol–water partition coefficient (Wildman–Crippen LogP) is 2.77. The molecule has 6 nitrogen and oxygen atoms in total. The van der Waals surface area contributed by atoms with E-state index in [0.717, 1.165) is 0 Å². The van der Waals surface area contributed by atoms with Crippen LogP contribution in [0.15, 0.2) is 36.4 Å². The highest BCUT2D eigenvalue weighted by molar-refractivity contribution is 5.92. The zero-order valence-corrected chi connectivity index (χ0v) is 12.0. The van der Waals surface area contributed by atoms with Crippen LogP contribution in [-0.4, -0.2) is 36.4 Å². The van der Waals surface area contributed by atoms with Crippen LogP contribution in [0.5, 0.6) is 11.5 Å². The van der Waals surface area contributed by atoms with Crippen molar-refractivity contribution in [3.63, 3.8) is 0 Å². The van der Waals surface area contributed by atoms with Crippen molar-refractivity contribution in [2.75, 3.05) is 14.2 Å². The topological polar surface area (TPSA) is 93.1 Å². The molecule has 114 valence electrons. The number of benzene rings is 2. The van der Waals surface area contributed by atoms with E-state index in [1.54, 1.807) is 12.1 Å². The Morgan fingerprint density at radius 1 is 0.773 bits per heavy atom. The average Bonchev–Trinajstić information content (AvgIpc) is 2.53. The highest BCUT2D eigenvalue weighted by Crippen LogP contribution is 2.37. The molecule has 0 radical (unpaired) electrons. The van der Waals surface area contributed by atoms with Gasteiger partial charge in [-0.3, -0.25) is 0 Å². The normalized spacial score (nSPS) is 10.1. The number of hydrogen-bond donors (Lipinski definition) is 2. The van der Waals surface area contributed by atoms with E-state index in [4.69, 9.17) is 19.7 Å². The van der Waals surface area contributed by atoms with Gasteiger partial charge in [0.25, 0.3) is 0 Å². The van der Waals surface area contributed by atoms with Crippen LogP contribution in [0.2, 0.25) is 0 Å². The van der Waals surface area contributed by atoms with Crippen molar-refractivity contribution >= 4 is 11.9 Å². The standard InChI is InChI=1S/C16H14O6/c1-21-13-7-9(15(17)18)3-5-11(13)12-6-4-10(16(19)20)8-14(12)22-2/h3-8H,1-2H3,(H,17,18)(H,19,20). The zero-order chi connectivity index (χ0) is 16.3. The molecule has 0 unspecified atom stereocenters. The lowest BCUT2D eigenvalue weighted by atomic mass is 10.00. The van der Waals surface area contributed by atoms with Crippen molar-refractivity contribution in [3.05, 3.63) is 47.5 Å². The highest BCUT2D eigenvalue weighted by Gasteiger charge is 2.16. The van der Waals surface area contributed by atoms with Gasteiger partial charge in [-0.05, 0) is 36.4 Å². The zero-order valence-electron chi connectivity index (χ0n) is 12.0. The molecule has 0 saturated heterocycles. The van der Waals surface area contributed by atoms with Crippen molar-refractivity contribution < 1.29 is 29.3 Å². The van der Waals surface area contributed by atoms with E-state index in [2.05, 4.69) is 0 Å². The van der Waals surface area contributed by atoms with E-state index in [1.807, 2.05) is 0 Å². The van der Waals surface area contributed by atoms with Gasteiger partial charge in [0, 0.05) is 11.1 Å². The fraction of sp³-hybridized carbons (Fsp3) is 0.125. The van der Waals surface area contributed by atoms with Gasteiger partial charge in [-0.2, -0.15) is 0 Å². The monoisotopic (exact) mass is 302 g/mol. The molecule has 2 rings (SSSR count). The number of rotatable bonds is 5. The molecule has 0 atom stereocenters. The van der Waals surface area contributed by atoms with Gasteiger partial charge in [0.05, 0.1) is 25.3 Å². The van der Waals surface area contributed by atoms with Gasteiger partial charge in [-0.25, -0.2) is 9.59 Å². The number of carbonyl (C=O) groups is 2. The molecule has 0 heterocycles. The first-order chi connectivity index (χ1) is 10.5. The number of hydrogen-bond acceptors (Lipinski definition) is 4. The second kappa shape index (κ2) is 6.17. The molecule has 0 bridgehead atoms. The summed E-state index contributed by atoms with van der Waals surface area (Å²) < 4.78 is 10.5. The summed E-state index contributed by atoms with van der Waals surface area (Å²) in [6.07, 6.45) is 0. The minimum atomic E-state index is -1.06. The maximum Gasteiger partial charge on any atom is 0.335 e. The summed E-state index contributed by atoms with van der Waals surface area (Å²) in [6, 6.07) is 8.90. The van der Waals surface area contributed by atoms with Crippen LogP contribution >= 0.6 is 0 Å². The Morgan fingerprint density at radius 3 is 1.41 bits per heavy atom. The Kier molecular flexibility index (Phi) is 4.31. The third-order valence-corrected chi connectivity index (χ3v) is 3.19. The number of carboxylic acid groups (broad SMARTS) is 2. The van der Waals surface area contributed by atoms with Gasteiger partial charge in [-0.15, -0.1) is 0 Å². The summed E-state index contributed by atoms with van der Waals surface area (Å²) in [7, 11) is 2.87. The van der Waals surface area contributed by atoms with Crippen molar-refractivity contribution in [2.45, 2.75) is 0 Å². The fourth-order valence-electron chi connectivity index (χ4n) is 2.09. The third kappa shape index (κ3) is 2.85. The van der Waals surface area contributed by atoms with Crippen LogP contribution in [0.1, 0.15) is 20.7 Å². The average molecular weight is 302 g/mol. The molecule has 22 heavy (non-hydrogen) atoms. The highest BCUT2D eigenvalue weighted by atomic mass is 16.5. The van der Waals surface area contributed by atoms with Gasteiger partial charge in [-0.1, -0.05) is 0 Å². The molecule has 0 aromatic heterocycles. The molecule has 0 saturated carbocycles.